The summed E-state index contributed by atoms with van der Waals surface area (Å²) in [4.78, 5) is 12.6. The number of rotatable bonds is 7. The fourth-order valence-electron chi connectivity index (χ4n) is 2.80. The van der Waals surface area contributed by atoms with Gasteiger partial charge in [-0.3, -0.25) is 4.79 Å². The minimum atomic E-state index is -3.47. The molecule has 0 saturated heterocycles. The third-order valence-corrected chi connectivity index (χ3v) is 5.96. The van der Waals surface area contributed by atoms with E-state index < -0.39 is 9.84 Å². The van der Waals surface area contributed by atoms with E-state index in [2.05, 4.69) is 5.32 Å². The molecule has 4 nitrogen and oxygen atoms in total. The summed E-state index contributed by atoms with van der Waals surface area (Å²) in [5.41, 5.74) is 2.84. The lowest BCUT2D eigenvalue weighted by Gasteiger charge is -2.11. The zero-order chi connectivity index (χ0) is 19.1. The highest BCUT2D eigenvalue weighted by Crippen LogP contribution is 2.20. The van der Waals surface area contributed by atoms with Crippen LogP contribution in [0.15, 0.2) is 89.8 Å². The monoisotopic (exact) mass is 379 g/mol. The molecule has 0 heterocycles. The van der Waals surface area contributed by atoms with E-state index in [-0.39, 0.29) is 23.0 Å². The molecule has 0 aliphatic heterocycles. The van der Waals surface area contributed by atoms with Crippen LogP contribution in [-0.2, 0) is 21.1 Å². The molecular weight excluding hydrogens is 358 g/mol. The van der Waals surface area contributed by atoms with Crippen molar-refractivity contribution < 1.29 is 13.2 Å². The molecule has 0 radical (unpaired) electrons. The minimum Gasteiger partial charge on any atom is -0.326 e. The van der Waals surface area contributed by atoms with Crippen LogP contribution in [0.25, 0.3) is 0 Å². The van der Waals surface area contributed by atoms with Gasteiger partial charge in [0.25, 0.3) is 0 Å². The van der Waals surface area contributed by atoms with E-state index in [0.717, 1.165) is 11.1 Å². The van der Waals surface area contributed by atoms with Crippen LogP contribution < -0.4 is 5.32 Å². The Labute approximate surface area is 159 Å². The number of hydrogen-bond donors (Lipinski definition) is 1. The first-order valence-corrected chi connectivity index (χ1v) is 10.4. The number of anilines is 1. The van der Waals surface area contributed by atoms with Crippen LogP contribution in [0.1, 0.15) is 17.5 Å². The van der Waals surface area contributed by atoms with Crippen LogP contribution in [-0.4, -0.2) is 20.1 Å². The number of para-hydroxylation sites is 1. The first-order valence-electron chi connectivity index (χ1n) is 8.74. The maximum atomic E-state index is 12.3. The van der Waals surface area contributed by atoms with Gasteiger partial charge in [-0.15, -0.1) is 0 Å². The molecule has 1 N–H and O–H groups in total. The average Bonchev–Trinajstić information content (AvgIpc) is 2.69. The molecule has 0 aliphatic rings. The maximum absolute atomic E-state index is 12.3. The Balaban J connectivity index is 1.65. The fraction of sp³-hybridized carbons (Fsp3) is 0.136. The number of carbonyl (C=O) groups is 1. The van der Waals surface area contributed by atoms with Gasteiger partial charge in [-0.2, -0.15) is 0 Å². The molecular formula is C22H21NO3S. The summed E-state index contributed by atoms with van der Waals surface area (Å²) in [6.07, 6.45) is 0.608. The highest BCUT2D eigenvalue weighted by Gasteiger charge is 2.16. The van der Waals surface area contributed by atoms with E-state index >= 15 is 0 Å². The minimum absolute atomic E-state index is 0.0864. The summed E-state index contributed by atoms with van der Waals surface area (Å²) < 4.78 is 24.6. The summed E-state index contributed by atoms with van der Waals surface area (Å²) in [5.74, 6) is -0.529. The Morgan fingerprint density at radius 1 is 0.778 bits per heavy atom. The zero-order valence-electron chi connectivity index (χ0n) is 14.8. The van der Waals surface area contributed by atoms with Gasteiger partial charge >= 0.3 is 0 Å². The molecule has 1 amide bonds. The predicted molar refractivity (Wildman–Crippen MR) is 107 cm³/mol. The van der Waals surface area contributed by atoms with Crippen molar-refractivity contribution in [3.05, 3.63) is 96.1 Å². The van der Waals surface area contributed by atoms with Crippen LogP contribution in [0, 0.1) is 0 Å². The van der Waals surface area contributed by atoms with Crippen molar-refractivity contribution in [1.29, 1.82) is 0 Å². The molecule has 0 aliphatic carbocycles. The Bertz CT molecular complexity index is 1000. The van der Waals surface area contributed by atoms with E-state index in [9.17, 15) is 13.2 Å². The van der Waals surface area contributed by atoms with Gasteiger partial charge in [0.2, 0.25) is 5.91 Å². The molecule has 3 aromatic rings. The smallest absolute Gasteiger partial charge is 0.225 e. The van der Waals surface area contributed by atoms with Crippen molar-refractivity contribution in [3.63, 3.8) is 0 Å². The molecule has 3 aromatic carbocycles. The molecule has 3 rings (SSSR count). The second-order valence-corrected chi connectivity index (χ2v) is 8.36. The molecule has 138 valence electrons. The van der Waals surface area contributed by atoms with Crippen molar-refractivity contribution in [2.24, 2.45) is 0 Å². The van der Waals surface area contributed by atoms with Gasteiger partial charge in [0, 0.05) is 12.1 Å². The Kier molecular flexibility index (Phi) is 6.04. The van der Waals surface area contributed by atoms with Gasteiger partial charge in [0.15, 0.2) is 9.84 Å². The van der Waals surface area contributed by atoms with Gasteiger partial charge in [0.05, 0.1) is 10.6 Å². The molecule has 0 fully saturated rings. The van der Waals surface area contributed by atoms with Crippen LogP contribution in [0.4, 0.5) is 5.69 Å². The number of nitrogens with one attached hydrogen (secondary N) is 1. The fourth-order valence-corrected chi connectivity index (χ4v) is 4.06. The first kappa shape index (κ1) is 18.9. The molecule has 0 aromatic heterocycles. The lowest BCUT2D eigenvalue weighted by Crippen LogP contribution is -2.18. The molecule has 27 heavy (non-hydrogen) atoms. The molecule has 0 atom stereocenters. The van der Waals surface area contributed by atoms with E-state index in [4.69, 9.17) is 0 Å². The lowest BCUT2D eigenvalue weighted by atomic mass is 10.0. The SMILES string of the molecule is O=C(CCS(=O)(=O)c1ccccc1)Nc1ccccc1Cc1ccccc1. The van der Waals surface area contributed by atoms with Crippen molar-refractivity contribution >= 4 is 21.4 Å². The molecule has 0 bridgehead atoms. The number of benzene rings is 3. The second-order valence-electron chi connectivity index (χ2n) is 6.25. The van der Waals surface area contributed by atoms with Gasteiger partial charge in [0.1, 0.15) is 0 Å². The summed E-state index contributed by atoms with van der Waals surface area (Å²) >= 11 is 0. The third kappa shape index (κ3) is 5.28. The molecule has 0 saturated carbocycles. The number of sulfone groups is 1. The number of carbonyl (C=O) groups excluding carboxylic acids is 1. The molecule has 0 spiro atoms. The van der Waals surface area contributed by atoms with Crippen molar-refractivity contribution in [1.82, 2.24) is 0 Å². The van der Waals surface area contributed by atoms with E-state index in [1.807, 2.05) is 54.6 Å². The topological polar surface area (TPSA) is 63.2 Å². The van der Waals surface area contributed by atoms with Gasteiger partial charge in [-0.25, -0.2) is 8.42 Å². The standard InChI is InChI=1S/C22H21NO3S/c24-22(15-16-27(25,26)20-12-5-2-6-13-20)23-21-14-8-7-11-19(21)17-18-9-3-1-4-10-18/h1-14H,15-17H2,(H,23,24). The number of amides is 1. The van der Waals surface area contributed by atoms with E-state index in [1.54, 1.807) is 30.3 Å². The van der Waals surface area contributed by atoms with Gasteiger partial charge in [-0.1, -0.05) is 66.7 Å². The van der Waals surface area contributed by atoms with Crippen LogP contribution in [0.5, 0.6) is 0 Å². The zero-order valence-corrected chi connectivity index (χ0v) is 15.7. The van der Waals surface area contributed by atoms with Crippen molar-refractivity contribution in [3.8, 4) is 0 Å². The second kappa shape index (κ2) is 8.64. The van der Waals surface area contributed by atoms with Crippen LogP contribution in [0.3, 0.4) is 0 Å². The third-order valence-electron chi connectivity index (χ3n) is 4.23. The quantitative estimate of drug-likeness (QED) is 0.673. The highest BCUT2D eigenvalue weighted by atomic mass is 32.2. The van der Waals surface area contributed by atoms with Gasteiger partial charge in [-0.05, 0) is 35.7 Å². The largest absolute Gasteiger partial charge is 0.326 e. The maximum Gasteiger partial charge on any atom is 0.225 e. The Morgan fingerprint density at radius 2 is 1.37 bits per heavy atom. The molecule has 0 unspecified atom stereocenters. The normalized spacial score (nSPS) is 11.1. The van der Waals surface area contributed by atoms with E-state index in [1.165, 1.54) is 0 Å². The van der Waals surface area contributed by atoms with Crippen LogP contribution >= 0.6 is 0 Å². The first-order chi connectivity index (χ1) is 13.0. The van der Waals surface area contributed by atoms with Crippen LogP contribution in [0.2, 0.25) is 0 Å². The summed E-state index contributed by atoms with van der Waals surface area (Å²) in [5, 5.41) is 2.85. The predicted octanol–water partition coefficient (Wildman–Crippen LogP) is 4.08. The Hall–Kier alpha value is -2.92. The van der Waals surface area contributed by atoms with Crippen molar-refractivity contribution in [2.75, 3.05) is 11.1 Å². The summed E-state index contributed by atoms with van der Waals surface area (Å²) in [6.45, 7) is 0. The highest BCUT2D eigenvalue weighted by molar-refractivity contribution is 7.91. The van der Waals surface area contributed by atoms with E-state index in [0.29, 0.717) is 12.1 Å². The van der Waals surface area contributed by atoms with Gasteiger partial charge < -0.3 is 5.32 Å². The average molecular weight is 379 g/mol. The summed E-state index contributed by atoms with van der Waals surface area (Å²) in [7, 11) is -3.47. The summed E-state index contributed by atoms with van der Waals surface area (Å²) in [6, 6.07) is 25.7. The molecule has 5 heteroatoms. The Morgan fingerprint density at radius 3 is 2.07 bits per heavy atom. The number of hydrogen-bond acceptors (Lipinski definition) is 3. The van der Waals surface area contributed by atoms with Crippen molar-refractivity contribution in [2.45, 2.75) is 17.7 Å². The lowest BCUT2D eigenvalue weighted by molar-refractivity contribution is -0.115.